The maximum atomic E-state index is 6.92. The van der Waals surface area contributed by atoms with Crippen LogP contribution < -0.4 is 0 Å². The molecule has 6 aromatic rings. The van der Waals surface area contributed by atoms with E-state index in [1.165, 1.54) is 0 Å². The minimum Gasteiger partial charge on any atom is -0.354 e. The molecule has 2 N–H and O–H groups in total. The van der Waals surface area contributed by atoms with E-state index in [0.29, 0.717) is 5.15 Å². The molecule has 3 aromatic heterocycles. The largest absolute Gasteiger partial charge is 0.354 e. The number of fused-ring (bicyclic) bond motifs is 4. The molecule has 0 saturated carbocycles. The van der Waals surface area contributed by atoms with E-state index in [4.69, 9.17) is 16.6 Å². The van der Waals surface area contributed by atoms with Crippen LogP contribution in [0.1, 0.15) is 0 Å². The summed E-state index contributed by atoms with van der Waals surface area (Å²) in [7, 11) is 0. The Morgan fingerprint density at radius 1 is 0.457 bits per heavy atom. The van der Waals surface area contributed by atoms with Gasteiger partial charge in [-0.15, -0.1) is 0 Å². The van der Waals surface area contributed by atoms with Gasteiger partial charge in [-0.1, -0.05) is 103 Å². The van der Waals surface area contributed by atoms with Gasteiger partial charge in [0, 0.05) is 45.0 Å². The molecule has 0 aliphatic heterocycles. The lowest BCUT2D eigenvalue weighted by atomic mass is 10.1. The Bertz CT molecular complexity index is 1680. The maximum Gasteiger partial charge on any atom is 0.138 e. The molecule has 0 amide bonds. The minimum atomic E-state index is 0.423. The van der Waals surface area contributed by atoms with E-state index in [1.807, 2.05) is 48.7 Å². The highest BCUT2D eigenvalue weighted by Crippen LogP contribution is 2.34. The second kappa shape index (κ2) is 9.13. The Morgan fingerprint density at radius 3 is 1.46 bits per heavy atom. The highest BCUT2D eigenvalue weighted by Gasteiger charge is 2.11. The molecule has 0 saturated heterocycles. The number of nitrogens with zero attached hydrogens (tertiary/aromatic N) is 1. The average molecular weight is 472 g/mol. The lowest BCUT2D eigenvalue weighted by molar-refractivity contribution is 1.35. The van der Waals surface area contributed by atoms with E-state index in [-0.39, 0.29) is 0 Å². The smallest absolute Gasteiger partial charge is 0.138 e. The summed E-state index contributed by atoms with van der Waals surface area (Å²) in [5.74, 6) is 0. The predicted molar refractivity (Wildman–Crippen MR) is 147 cm³/mol. The highest BCUT2D eigenvalue weighted by atomic mass is 35.5. The normalized spacial score (nSPS) is 11.0. The monoisotopic (exact) mass is 471 g/mol. The van der Waals surface area contributed by atoms with Crippen molar-refractivity contribution < 1.29 is 0 Å². The molecule has 0 aliphatic rings. The molecular formula is C31H22ClN3. The molecule has 168 valence electrons. The van der Waals surface area contributed by atoms with E-state index < -0.39 is 0 Å². The second-order valence-electron chi connectivity index (χ2n) is 8.38. The lowest BCUT2D eigenvalue weighted by Crippen LogP contribution is -1.85. The summed E-state index contributed by atoms with van der Waals surface area (Å²) in [5.41, 5.74) is 10.0. The average Bonchev–Trinajstić information content (AvgIpc) is 3.57. The molecule has 3 heterocycles. The van der Waals surface area contributed by atoms with Crippen LogP contribution in [0.5, 0.6) is 0 Å². The summed E-state index contributed by atoms with van der Waals surface area (Å²) in [4.78, 5) is 12.0. The van der Waals surface area contributed by atoms with Gasteiger partial charge >= 0.3 is 0 Å². The third kappa shape index (κ3) is 4.07. The number of halogens is 1. The quantitative estimate of drug-likeness (QED) is 0.266. The number of hydrogen-bond donors (Lipinski definition) is 2. The molecular weight excluding hydrogens is 450 g/mol. The van der Waals surface area contributed by atoms with Gasteiger partial charge in [0.05, 0.1) is 0 Å². The van der Waals surface area contributed by atoms with E-state index in [9.17, 15) is 0 Å². The zero-order valence-electron chi connectivity index (χ0n) is 18.9. The molecule has 3 aromatic carbocycles. The molecule has 6 rings (SSSR count). The Hall–Kier alpha value is -4.34. The number of aromatic amines is 2. The van der Waals surface area contributed by atoms with Crippen molar-refractivity contribution in [1.29, 1.82) is 0 Å². The van der Waals surface area contributed by atoms with Gasteiger partial charge in [0.25, 0.3) is 0 Å². The summed E-state index contributed by atoms with van der Waals surface area (Å²) in [6, 6.07) is 39.2. The first-order chi connectivity index (χ1) is 17.3. The first kappa shape index (κ1) is 21.2. The molecule has 3 nitrogen and oxygen atoms in total. The first-order valence-electron chi connectivity index (χ1n) is 11.5. The number of benzene rings is 3. The van der Waals surface area contributed by atoms with Crippen LogP contribution in [-0.4, -0.2) is 15.0 Å². The van der Waals surface area contributed by atoms with Crippen LogP contribution in [0.15, 0.2) is 121 Å². The lowest BCUT2D eigenvalue weighted by Gasteiger charge is -2.05. The fourth-order valence-corrected chi connectivity index (χ4v) is 4.80. The molecule has 0 spiro atoms. The van der Waals surface area contributed by atoms with E-state index in [2.05, 4.69) is 82.8 Å². The van der Waals surface area contributed by atoms with Crippen LogP contribution in [0, 0.1) is 0 Å². The van der Waals surface area contributed by atoms with E-state index >= 15 is 0 Å². The predicted octanol–water partition coefficient (Wildman–Crippen LogP) is 8.82. The minimum absolute atomic E-state index is 0.423. The summed E-state index contributed by atoms with van der Waals surface area (Å²) in [5, 5.41) is 0.423. The van der Waals surface area contributed by atoms with E-state index in [1.54, 1.807) is 0 Å². The third-order valence-corrected chi connectivity index (χ3v) is 6.48. The summed E-state index contributed by atoms with van der Waals surface area (Å²) < 4.78 is 0. The van der Waals surface area contributed by atoms with Gasteiger partial charge in [0.2, 0.25) is 0 Å². The van der Waals surface area contributed by atoms with Gasteiger partial charge in [-0.3, -0.25) is 0 Å². The van der Waals surface area contributed by atoms with Crippen molar-refractivity contribution in [3.63, 3.8) is 0 Å². The SMILES string of the molecule is Clc1ncc(-c2ccccc2)c2ccc([nH]2)c(-c2ccccc2)c2ccc([nH]2)c1-c1ccccc1. The molecule has 0 unspecified atom stereocenters. The van der Waals surface area contributed by atoms with Gasteiger partial charge in [-0.2, -0.15) is 0 Å². The standard InChI is InChI=1S/C31H22ClN3/c32-31-30(23-14-8-3-9-15-23)28-19-18-27(35-28)29(22-12-6-2-7-13-22)26-17-16-25(34-26)24(20-33-31)21-10-4-1-5-11-21/h1-20,34-35H. The Kier molecular flexibility index (Phi) is 5.53. The number of rotatable bonds is 3. The van der Waals surface area contributed by atoms with Crippen molar-refractivity contribution in [3.8, 4) is 33.4 Å². The molecule has 0 fully saturated rings. The van der Waals surface area contributed by atoms with Gasteiger partial charge in [0.1, 0.15) is 5.15 Å². The number of H-pyrrole nitrogens is 2. The topological polar surface area (TPSA) is 44.5 Å². The van der Waals surface area contributed by atoms with Crippen LogP contribution in [0.4, 0.5) is 0 Å². The van der Waals surface area contributed by atoms with Crippen molar-refractivity contribution in [2.24, 2.45) is 0 Å². The Morgan fingerprint density at radius 2 is 0.886 bits per heavy atom. The second-order valence-corrected chi connectivity index (χ2v) is 8.74. The molecule has 0 atom stereocenters. The van der Waals surface area contributed by atoms with Crippen LogP contribution in [0.2, 0.25) is 5.15 Å². The summed E-state index contributed by atoms with van der Waals surface area (Å²) >= 11 is 6.92. The van der Waals surface area contributed by atoms with Gasteiger partial charge in [-0.25, -0.2) is 4.98 Å². The molecule has 0 aliphatic carbocycles. The van der Waals surface area contributed by atoms with Crippen LogP contribution in [0.25, 0.3) is 55.4 Å². The summed E-state index contributed by atoms with van der Waals surface area (Å²) in [6.07, 6.45) is 1.85. The van der Waals surface area contributed by atoms with Gasteiger partial charge in [0.15, 0.2) is 0 Å². The van der Waals surface area contributed by atoms with Crippen molar-refractivity contribution in [2.45, 2.75) is 0 Å². The number of aromatic nitrogens is 3. The molecule has 35 heavy (non-hydrogen) atoms. The summed E-state index contributed by atoms with van der Waals surface area (Å²) in [6.45, 7) is 0. The van der Waals surface area contributed by atoms with Gasteiger partial charge < -0.3 is 9.97 Å². The maximum absolute atomic E-state index is 6.92. The molecule has 4 bridgehead atoms. The van der Waals surface area contributed by atoms with Crippen LogP contribution in [0.3, 0.4) is 0 Å². The van der Waals surface area contributed by atoms with Crippen LogP contribution in [-0.2, 0) is 0 Å². The van der Waals surface area contributed by atoms with Crippen molar-refractivity contribution in [3.05, 3.63) is 127 Å². The molecule has 4 heteroatoms. The van der Waals surface area contributed by atoms with Crippen molar-refractivity contribution in [2.75, 3.05) is 0 Å². The zero-order chi connectivity index (χ0) is 23.6. The van der Waals surface area contributed by atoms with Gasteiger partial charge in [-0.05, 0) is 41.0 Å². The highest BCUT2D eigenvalue weighted by molar-refractivity contribution is 6.33. The fraction of sp³-hybridized carbons (Fsp3) is 0. The number of nitrogens with one attached hydrogen (secondary N) is 2. The van der Waals surface area contributed by atoms with Crippen molar-refractivity contribution in [1.82, 2.24) is 15.0 Å². The molecule has 0 radical (unpaired) electrons. The third-order valence-electron chi connectivity index (χ3n) is 6.19. The Balaban J connectivity index is 1.79. The first-order valence-corrected chi connectivity index (χ1v) is 11.9. The van der Waals surface area contributed by atoms with Crippen LogP contribution >= 0.6 is 11.6 Å². The Labute approximate surface area is 208 Å². The fourth-order valence-electron chi connectivity index (χ4n) is 4.54. The van der Waals surface area contributed by atoms with E-state index in [0.717, 1.165) is 55.4 Å². The van der Waals surface area contributed by atoms with Crippen molar-refractivity contribution >= 4 is 33.7 Å². The zero-order valence-corrected chi connectivity index (χ0v) is 19.6. The number of hydrogen-bond acceptors (Lipinski definition) is 1.